The van der Waals surface area contributed by atoms with E-state index in [0.29, 0.717) is 18.0 Å². The van der Waals surface area contributed by atoms with Crippen LogP contribution in [0.3, 0.4) is 0 Å². The van der Waals surface area contributed by atoms with Gasteiger partial charge in [0.05, 0.1) is 4.90 Å². The van der Waals surface area contributed by atoms with Crippen molar-refractivity contribution in [3.05, 3.63) is 29.3 Å². The van der Waals surface area contributed by atoms with Gasteiger partial charge < -0.3 is 5.73 Å². The van der Waals surface area contributed by atoms with E-state index in [1.54, 1.807) is 16.4 Å². The Kier molecular flexibility index (Phi) is 5.52. The monoisotopic (exact) mass is 284 g/mol. The smallest absolute Gasteiger partial charge is 0.243 e. The SMILES string of the molecule is CCCN(C(C)C)S(=O)(=O)c1cccc(CN)c1C. The summed E-state index contributed by atoms with van der Waals surface area (Å²) in [6.07, 6.45) is 0.799. The van der Waals surface area contributed by atoms with Gasteiger partial charge in [0.15, 0.2) is 0 Å². The van der Waals surface area contributed by atoms with Gasteiger partial charge in [0.2, 0.25) is 10.0 Å². The van der Waals surface area contributed by atoms with Gasteiger partial charge in [-0.15, -0.1) is 0 Å². The lowest BCUT2D eigenvalue weighted by molar-refractivity contribution is 0.354. The molecule has 0 fully saturated rings. The lowest BCUT2D eigenvalue weighted by atomic mass is 10.1. The maximum absolute atomic E-state index is 12.7. The molecule has 0 spiro atoms. The van der Waals surface area contributed by atoms with Crippen LogP contribution in [0.15, 0.2) is 23.1 Å². The van der Waals surface area contributed by atoms with Crippen LogP contribution in [0.25, 0.3) is 0 Å². The number of sulfonamides is 1. The molecule has 0 saturated heterocycles. The van der Waals surface area contributed by atoms with Crippen LogP contribution in [0.4, 0.5) is 0 Å². The molecule has 4 nitrogen and oxygen atoms in total. The fourth-order valence-corrected chi connectivity index (χ4v) is 4.16. The van der Waals surface area contributed by atoms with Crippen molar-refractivity contribution in [2.24, 2.45) is 5.73 Å². The zero-order chi connectivity index (χ0) is 14.6. The minimum absolute atomic E-state index is 0.0501. The second-order valence-corrected chi connectivity index (χ2v) is 6.81. The zero-order valence-corrected chi connectivity index (χ0v) is 13.0. The standard InChI is InChI=1S/C14H24N2O2S/c1-5-9-16(11(2)3)19(17,18)14-8-6-7-13(10-15)12(14)4/h6-8,11H,5,9-10,15H2,1-4H3. The number of hydrogen-bond acceptors (Lipinski definition) is 3. The van der Waals surface area contributed by atoms with Crippen molar-refractivity contribution in [3.8, 4) is 0 Å². The summed E-state index contributed by atoms with van der Waals surface area (Å²) in [5.41, 5.74) is 7.28. The maximum Gasteiger partial charge on any atom is 0.243 e. The third-order valence-electron chi connectivity index (χ3n) is 3.22. The van der Waals surface area contributed by atoms with E-state index < -0.39 is 10.0 Å². The Morgan fingerprint density at radius 1 is 1.32 bits per heavy atom. The molecule has 1 rings (SSSR count). The minimum atomic E-state index is -3.45. The van der Waals surface area contributed by atoms with Gasteiger partial charge in [-0.1, -0.05) is 19.1 Å². The molecule has 0 unspecified atom stereocenters. The predicted octanol–water partition coefficient (Wildman–Crippen LogP) is 2.26. The van der Waals surface area contributed by atoms with Gasteiger partial charge in [0.1, 0.15) is 0 Å². The summed E-state index contributed by atoms with van der Waals surface area (Å²) in [6.45, 7) is 8.48. The first-order valence-electron chi connectivity index (χ1n) is 6.66. The van der Waals surface area contributed by atoms with Crippen molar-refractivity contribution in [1.29, 1.82) is 0 Å². The molecule has 19 heavy (non-hydrogen) atoms. The number of hydrogen-bond donors (Lipinski definition) is 1. The van der Waals surface area contributed by atoms with Crippen LogP contribution < -0.4 is 5.73 Å². The molecule has 5 heteroatoms. The highest BCUT2D eigenvalue weighted by Gasteiger charge is 2.27. The van der Waals surface area contributed by atoms with Crippen molar-refractivity contribution in [3.63, 3.8) is 0 Å². The Labute approximate surface area is 116 Å². The summed E-state index contributed by atoms with van der Waals surface area (Å²) in [7, 11) is -3.45. The number of rotatable bonds is 6. The van der Waals surface area contributed by atoms with Gasteiger partial charge in [0, 0.05) is 19.1 Å². The Morgan fingerprint density at radius 3 is 2.42 bits per heavy atom. The average molecular weight is 284 g/mol. The Bertz CT molecular complexity index is 524. The molecule has 2 N–H and O–H groups in total. The van der Waals surface area contributed by atoms with Gasteiger partial charge in [-0.05, 0) is 44.4 Å². The number of nitrogens with zero attached hydrogens (tertiary/aromatic N) is 1. The van der Waals surface area contributed by atoms with Crippen LogP contribution in [-0.2, 0) is 16.6 Å². The van der Waals surface area contributed by atoms with E-state index in [9.17, 15) is 8.42 Å². The van der Waals surface area contributed by atoms with Crippen molar-refractivity contribution in [2.45, 2.75) is 51.6 Å². The summed E-state index contributed by atoms with van der Waals surface area (Å²) in [4.78, 5) is 0.373. The van der Waals surface area contributed by atoms with Crippen molar-refractivity contribution in [2.75, 3.05) is 6.54 Å². The van der Waals surface area contributed by atoms with Gasteiger partial charge in [-0.3, -0.25) is 0 Å². The van der Waals surface area contributed by atoms with Gasteiger partial charge >= 0.3 is 0 Å². The normalized spacial score (nSPS) is 12.4. The molecule has 0 bridgehead atoms. The summed E-state index contributed by atoms with van der Waals surface area (Å²) >= 11 is 0. The van der Waals surface area contributed by atoms with Gasteiger partial charge in [-0.25, -0.2) is 8.42 Å². The molecular formula is C14H24N2O2S. The van der Waals surface area contributed by atoms with Crippen LogP contribution in [0.2, 0.25) is 0 Å². The average Bonchev–Trinajstić information content (AvgIpc) is 2.35. The van der Waals surface area contributed by atoms with Crippen molar-refractivity contribution in [1.82, 2.24) is 4.31 Å². The van der Waals surface area contributed by atoms with E-state index in [1.165, 1.54) is 0 Å². The molecule has 0 heterocycles. The molecular weight excluding hydrogens is 260 g/mol. The van der Waals surface area contributed by atoms with Crippen molar-refractivity contribution >= 4 is 10.0 Å². The van der Waals surface area contributed by atoms with Crippen LogP contribution in [0.1, 0.15) is 38.3 Å². The highest BCUT2D eigenvalue weighted by molar-refractivity contribution is 7.89. The third kappa shape index (κ3) is 3.35. The molecule has 108 valence electrons. The second kappa shape index (κ2) is 6.50. The number of nitrogens with two attached hydrogens (primary N) is 1. The molecule has 1 aromatic carbocycles. The summed E-state index contributed by atoms with van der Waals surface area (Å²) in [5, 5.41) is 0. The van der Waals surface area contributed by atoms with E-state index in [-0.39, 0.29) is 6.04 Å². The molecule has 0 atom stereocenters. The Morgan fingerprint density at radius 2 is 1.95 bits per heavy atom. The first-order chi connectivity index (χ1) is 8.86. The number of benzene rings is 1. The van der Waals surface area contributed by atoms with Crippen LogP contribution in [0, 0.1) is 6.92 Å². The van der Waals surface area contributed by atoms with E-state index in [2.05, 4.69) is 0 Å². The Hall–Kier alpha value is -0.910. The minimum Gasteiger partial charge on any atom is -0.326 e. The van der Waals surface area contributed by atoms with E-state index in [4.69, 9.17) is 5.73 Å². The first-order valence-corrected chi connectivity index (χ1v) is 8.10. The fourth-order valence-electron chi connectivity index (χ4n) is 2.16. The molecule has 0 aliphatic carbocycles. The van der Waals surface area contributed by atoms with Crippen molar-refractivity contribution < 1.29 is 8.42 Å². The largest absolute Gasteiger partial charge is 0.326 e. The first kappa shape index (κ1) is 16.1. The lowest BCUT2D eigenvalue weighted by Gasteiger charge is -2.26. The molecule has 0 aliphatic rings. The maximum atomic E-state index is 12.7. The molecule has 0 amide bonds. The summed E-state index contributed by atoms with van der Waals surface area (Å²) in [5.74, 6) is 0. The highest BCUT2D eigenvalue weighted by Crippen LogP contribution is 2.24. The zero-order valence-electron chi connectivity index (χ0n) is 12.2. The summed E-state index contributed by atoms with van der Waals surface area (Å²) in [6, 6.07) is 5.24. The third-order valence-corrected chi connectivity index (χ3v) is 5.44. The van der Waals surface area contributed by atoms with Gasteiger partial charge in [0.25, 0.3) is 0 Å². The second-order valence-electron chi connectivity index (χ2n) is 4.95. The van der Waals surface area contributed by atoms with Crippen LogP contribution >= 0.6 is 0 Å². The highest BCUT2D eigenvalue weighted by atomic mass is 32.2. The molecule has 0 radical (unpaired) electrons. The predicted molar refractivity (Wildman–Crippen MR) is 78.4 cm³/mol. The van der Waals surface area contributed by atoms with Crippen LogP contribution in [0.5, 0.6) is 0 Å². The van der Waals surface area contributed by atoms with E-state index in [1.807, 2.05) is 33.8 Å². The molecule has 0 aliphatic heterocycles. The topological polar surface area (TPSA) is 63.4 Å². The molecule has 0 aromatic heterocycles. The quantitative estimate of drug-likeness (QED) is 0.871. The lowest BCUT2D eigenvalue weighted by Crippen LogP contribution is -2.37. The Balaban J connectivity index is 3.33. The van der Waals surface area contributed by atoms with E-state index in [0.717, 1.165) is 17.5 Å². The van der Waals surface area contributed by atoms with E-state index >= 15 is 0 Å². The molecule has 1 aromatic rings. The fraction of sp³-hybridized carbons (Fsp3) is 0.571. The van der Waals surface area contributed by atoms with Crippen LogP contribution in [-0.4, -0.2) is 25.3 Å². The van der Waals surface area contributed by atoms with Gasteiger partial charge in [-0.2, -0.15) is 4.31 Å². The summed E-state index contributed by atoms with van der Waals surface area (Å²) < 4.78 is 27.0. The molecule has 0 saturated carbocycles.